The fourth-order valence-electron chi connectivity index (χ4n) is 2.98. The van der Waals surface area contributed by atoms with Crippen molar-refractivity contribution in [1.82, 2.24) is 14.8 Å². The van der Waals surface area contributed by atoms with E-state index in [4.69, 9.17) is 4.42 Å². The van der Waals surface area contributed by atoms with Crippen LogP contribution in [-0.4, -0.2) is 26.4 Å². The Balaban J connectivity index is 1.39. The highest BCUT2D eigenvalue weighted by Gasteiger charge is 2.16. The van der Waals surface area contributed by atoms with Crippen molar-refractivity contribution in [3.8, 4) is 22.7 Å². The number of nitrogens with one attached hydrogen (secondary N) is 1. The molecule has 1 N–H and O–H groups in total. The number of nitrogens with zero attached hydrogens (tertiary/aromatic N) is 3. The van der Waals surface area contributed by atoms with Crippen LogP contribution in [-0.2, 0) is 11.3 Å². The zero-order valence-corrected chi connectivity index (χ0v) is 17.0. The first-order valence-electron chi connectivity index (χ1n) is 9.40. The summed E-state index contributed by atoms with van der Waals surface area (Å²) in [5.41, 5.74) is 3.00. The Kier molecular flexibility index (Phi) is 6.10. The van der Waals surface area contributed by atoms with Gasteiger partial charge in [0.2, 0.25) is 11.7 Å². The maximum Gasteiger partial charge on any atom is 0.234 e. The van der Waals surface area contributed by atoms with Crippen molar-refractivity contribution >= 4 is 23.4 Å². The summed E-state index contributed by atoms with van der Waals surface area (Å²) in [6, 6.07) is 21.5. The van der Waals surface area contributed by atoms with Crippen LogP contribution in [0.5, 0.6) is 0 Å². The van der Waals surface area contributed by atoms with Crippen molar-refractivity contribution < 1.29 is 9.21 Å². The van der Waals surface area contributed by atoms with Crippen LogP contribution in [0.2, 0.25) is 0 Å². The molecule has 1 amide bonds. The zero-order chi connectivity index (χ0) is 20.8. The van der Waals surface area contributed by atoms with E-state index < -0.39 is 0 Å². The van der Waals surface area contributed by atoms with E-state index >= 15 is 0 Å². The van der Waals surface area contributed by atoms with Gasteiger partial charge in [0.25, 0.3) is 0 Å². The molecule has 0 saturated heterocycles. The minimum atomic E-state index is -0.111. The molecule has 0 bridgehead atoms. The summed E-state index contributed by atoms with van der Waals surface area (Å²) < 4.78 is 7.29. The molecule has 30 heavy (non-hydrogen) atoms. The molecule has 0 unspecified atom stereocenters. The first-order chi connectivity index (χ1) is 14.7. The number of carbonyl (C=O) groups excluding carboxylic acids is 1. The highest BCUT2D eigenvalue weighted by atomic mass is 32.2. The first-order valence-corrected chi connectivity index (χ1v) is 10.4. The zero-order valence-electron chi connectivity index (χ0n) is 16.2. The summed E-state index contributed by atoms with van der Waals surface area (Å²) in [6.07, 6.45) is 3.35. The van der Waals surface area contributed by atoms with Gasteiger partial charge in [-0.1, -0.05) is 60.3 Å². The van der Waals surface area contributed by atoms with Gasteiger partial charge in [-0.2, -0.15) is 0 Å². The van der Waals surface area contributed by atoms with Crippen LogP contribution in [0.3, 0.4) is 0 Å². The average Bonchev–Trinajstić information content (AvgIpc) is 3.44. The molecule has 2 aromatic heterocycles. The SMILES string of the molecule is C=CCn1c(SCC(=O)Nc2ccc(-c3ccccc3)cc2)nnc1-c1ccco1. The van der Waals surface area contributed by atoms with Crippen molar-refractivity contribution in [2.75, 3.05) is 11.1 Å². The van der Waals surface area contributed by atoms with Gasteiger partial charge in [0.1, 0.15) is 0 Å². The number of benzene rings is 2. The summed E-state index contributed by atoms with van der Waals surface area (Å²) in [5, 5.41) is 12.0. The molecule has 6 nitrogen and oxygen atoms in total. The first kappa shape index (κ1) is 19.7. The van der Waals surface area contributed by atoms with Gasteiger partial charge in [-0.15, -0.1) is 16.8 Å². The van der Waals surface area contributed by atoms with Crippen molar-refractivity contribution in [1.29, 1.82) is 0 Å². The maximum absolute atomic E-state index is 12.4. The summed E-state index contributed by atoms with van der Waals surface area (Å²) in [4.78, 5) is 12.4. The van der Waals surface area contributed by atoms with Gasteiger partial charge in [0.15, 0.2) is 10.9 Å². The lowest BCUT2D eigenvalue weighted by Gasteiger charge is -2.08. The molecular formula is C23H20N4O2S. The number of carbonyl (C=O) groups is 1. The van der Waals surface area contributed by atoms with E-state index in [1.807, 2.05) is 53.1 Å². The lowest BCUT2D eigenvalue weighted by Crippen LogP contribution is -2.14. The van der Waals surface area contributed by atoms with Crippen molar-refractivity contribution in [3.63, 3.8) is 0 Å². The fourth-order valence-corrected chi connectivity index (χ4v) is 3.73. The highest BCUT2D eigenvalue weighted by Crippen LogP contribution is 2.25. The molecule has 7 heteroatoms. The van der Waals surface area contributed by atoms with Crippen molar-refractivity contribution in [3.05, 3.63) is 85.6 Å². The van der Waals surface area contributed by atoms with Gasteiger partial charge in [0, 0.05) is 12.2 Å². The minimum Gasteiger partial charge on any atom is -0.461 e. The van der Waals surface area contributed by atoms with E-state index in [1.54, 1.807) is 18.4 Å². The molecule has 0 saturated carbocycles. The third-order valence-corrected chi connectivity index (χ3v) is 5.34. The molecule has 150 valence electrons. The smallest absolute Gasteiger partial charge is 0.234 e. The van der Waals surface area contributed by atoms with Gasteiger partial charge in [-0.25, -0.2) is 0 Å². The Morgan fingerprint density at radius 3 is 2.50 bits per heavy atom. The van der Waals surface area contributed by atoms with Crippen LogP contribution >= 0.6 is 11.8 Å². The van der Waals surface area contributed by atoms with Gasteiger partial charge in [-0.05, 0) is 35.4 Å². The Labute approximate surface area is 178 Å². The third-order valence-electron chi connectivity index (χ3n) is 4.38. The lowest BCUT2D eigenvalue weighted by molar-refractivity contribution is -0.113. The van der Waals surface area contributed by atoms with E-state index in [0.717, 1.165) is 16.8 Å². The molecular weight excluding hydrogens is 396 g/mol. The van der Waals surface area contributed by atoms with E-state index in [1.165, 1.54) is 11.8 Å². The number of anilines is 1. The number of amides is 1. The molecule has 0 aliphatic heterocycles. The topological polar surface area (TPSA) is 73.0 Å². The molecule has 0 fully saturated rings. The molecule has 4 rings (SSSR count). The normalized spacial score (nSPS) is 10.7. The van der Waals surface area contributed by atoms with E-state index in [2.05, 4.69) is 34.2 Å². The van der Waals surface area contributed by atoms with Gasteiger partial charge < -0.3 is 9.73 Å². The second-order valence-electron chi connectivity index (χ2n) is 6.46. The van der Waals surface area contributed by atoms with E-state index in [9.17, 15) is 4.79 Å². The molecule has 2 aromatic carbocycles. The second kappa shape index (κ2) is 9.28. The predicted molar refractivity (Wildman–Crippen MR) is 119 cm³/mol. The Bertz CT molecular complexity index is 1120. The molecule has 0 spiro atoms. The average molecular weight is 417 g/mol. The number of aromatic nitrogens is 3. The number of hydrogen-bond donors (Lipinski definition) is 1. The van der Waals surface area contributed by atoms with Crippen LogP contribution in [0.25, 0.3) is 22.7 Å². The summed E-state index contributed by atoms with van der Waals surface area (Å²) >= 11 is 1.32. The Hall–Kier alpha value is -3.58. The van der Waals surface area contributed by atoms with Crippen molar-refractivity contribution in [2.24, 2.45) is 0 Å². The Morgan fingerprint density at radius 1 is 1.03 bits per heavy atom. The van der Waals surface area contributed by atoms with Gasteiger partial charge in [-0.3, -0.25) is 9.36 Å². The van der Waals surface area contributed by atoms with Crippen LogP contribution in [0.1, 0.15) is 0 Å². The molecule has 0 aliphatic rings. The number of thioether (sulfide) groups is 1. The largest absolute Gasteiger partial charge is 0.461 e. The van der Waals surface area contributed by atoms with Crippen LogP contribution in [0, 0.1) is 0 Å². The van der Waals surface area contributed by atoms with Crippen LogP contribution < -0.4 is 5.32 Å². The third kappa shape index (κ3) is 4.52. The molecule has 2 heterocycles. The molecule has 0 radical (unpaired) electrons. The number of rotatable bonds is 8. The molecule has 4 aromatic rings. The predicted octanol–water partition coefficient (Wildman–Crippen LogP) is 5.12. The lowest BCUT2D eigenvalue weighted by atomic mass is 10.1. The maximum atomic E-state index is 12.4. The quantitative estimate of drug-likeness (QED) is 0.319. The number of hydrogen-bond acceptors (Lipinski definition) is 5. The van der Waals surface area contributed by atoms with Gasteiger partial charge >= 0.3 is 0 Å². The van der Waals surface area contributed by atoms with Gasteiger partial charge in [0.05, 0.1) is 12.0 Å². The van der Waals surface area contributed by atoms with Crippen LogP contribution in [0.4, 0.5) is 5.69 Å². The summed E-state index contributed by atoms with van der Waals surface area (Å²) in [7, 11) is 0. The number of allylic oxidation sites excluding steroid dienone is 1. The standard InChI is InChI=1S/C23H20N4O2S/c1-2-14-27-22(20-9-6-15-29-20)25-26-23(27)30-16-21(28)24-19-12-10-18(11-13-19)17-7-4-3-5-8-17/h2-13,15H,1,14,16H2,(H,24,28). The monoisotopic (exact) mass is 416 g/mol. The summed E-state index contributed by atoms with van der Waals surface area (Å²) in [6.45, 7) is 4.31. The fraction of sp³-hybridized carbons (Fsp3) is 0.0870. The van der Waals surface area contributed by atoms with E-state index in [0.29, 0.717) is 23.3 Å². The number of furan rings is 1. The second-order valence-corrected chi connectivity index (χ2v) is 7.41. The van der Waals surface area contributed by atoms with E-state index in [-0.39, 0.29) is 11.7 Å². The molecule has 0 aliphatic carbocycles. The van der Waals surface area contributed by atoms with Crippen LogP contribution in [0.15, 0.2) is 95.2 Å². The summed E-state index contributed by atoms with van der Waals surface area (Å²) in [5.74, 6) is 1.34. The Morgan fingerprint density at radius 2 is 1.80 bits per heavy atom. The minimum absolute atomic E-state index is 0.111. The highest BCUT2D eigenvalue weighted by molar-refractivity contribution is 7.99. The molecule has 0 atom stereocenters. The van der Waals surface area contributed by atoms with Crippen molar-refractivity contribution in [2.45, 2.75) is 11.7 Å².